The number of halogens is 1. The molecule has 4 aliphatic rings. The Morgan fingerprint density at radius 1 is 0.602 bits per heavy atom. The van der Waals surface area contributed by atoms with E-state index in [4.69, 9.17) is 36.0 Å². The largest absolute Gasteiger partial charge is 0.508 e. The summed E-state index contributed by atoms with van der Waals surface area (Å²) in [7, 11) is 8.05. The molecule has 7 aromatic carbocycles. The van der Waals surface area contributed by atoms with E-state index in [1.54, 1.807) is 23.9 Å². The molecule has 0 unspecified atom stereocenters. The van der Waals surface area contributed by atoms with Gasteiger partial charge in [0.25, 0.3) is 0 Å². The van der Waals surface area contributed by atoms with Crippen LogP contribution in [0.1, 0.15) is 159 Å². The van der Waals surface area contributed by atoms with Crippen molar-refractivity contribution in [2.75, 3.05) is 27.9 Å². The summed E-state index contributed by atoms with van der Waals surface area (Å²) in [5.41, 5.74) is 19.0. The molecule has 3 aliphatic carbocycles. The number of phenols is 2. The number of benzene rings is 7. The van der Waals surface area contributed by atoms with Crippen LogP contribution in [0, 0.1) is 13.8 Å². The predicted octanol–water partition coefficient (Wildman–Crippen LogP) is 15.9. The number of hydrogen-bond donors (Lipinski definition) is 3. The topological polar surface area (TPSA) is 216 Å². The van der Waals surface area contributed by atoms with Gasteiger partial charge in [0.05, 0.1) is 56.0 Å². The number of rotatable bonds is 7. The molecule has 3 N–H and O–H groups in total. The Balaban J connectivity index is 0.000000153. The van der Waals surface area contributed by atoms with Crippen molar-refractivity contribution in [1.82, 2.24) is 24.1 Å². The molecule has 3 aromatic heterocycles. The molecule has 1 aliphatic heterocycles. The van der Waals surface area contributed by atoms with Crippen molar-refractivity contribution in [2.24, 2.45) is 14.1 Å². The van der Waals surface area contributed by atoms with Crippen LogP contribution in [-0.4, -0.2) is 91.3 Å². The minimum absolute atomic E-state index is 0.0912. The monoisotopic (exact) mass is 1360 g/mol. The number of esters is 3. The molecule has 8 bridgehead atoms. The highest BCUT2D eigenvalue weighted by atomic mass is 35.5. The molecule has 510 valence electrons. The molecule has 0 saturated heterocycles. The summed E-state index contributed by atoms with van der Waals surface area (Å²) in [5, 5.41) is 42.7. The van der Waals surface area contributed by atoms with Crippen LogP contribution in [0.3, 0.4) is 0 Å². The number of ether oxygens (including phenoxy) is 5. The minimum atomic E-state index is -0.943. The van der Waals surface area contributed by atoms with E-state index in [1.807, 2.05) is 121 Å². The minimum Gasteiger partial charge on any atom is -0.508 e. The highest BCUT2D eigenvalue weighted by Crippen LogP contribution is 2.44. The molecule has 0 radical (unpaired) electrons. The summed E-state index contributed by atoms with van der Waals surface area (Å²) in [6.45, 7) is 5.48. The van der Waals surface area contributed by atoms with Crippen molar-refractivity contribution in [3.8, 4) is 34.1 Å². The van der Waals surface area contributed by atoms with Gasteiger partial charge in [0.15, 0.2) is 0 Å². The Labute approximate surface area is 580 Å². The molecule has 98 heavy (non-hydrogen) atoms. The number of fused-ring (bicyclic) bond motifs is 11. The molecule has 14 rings (SSSR count). The van der Waals surface area contributed by atoms with Gasteiger partial charge in [0, 0.05) is 76.0 Å². The summed E-state index contributed by atoms with van der Waals surface area (Å²) < 4.78 is 32.5. The van der Waals surface area contributed by atoms with Gasteiger partial charge in [-0.3, -0.25) is 9.36 Å². The van der Waals surface area contributed by atoms with Crippen LogP contribution in [0.2, 0.25) is 5.02 Å². The first-order valence-corrected chi connectivity index (χ1v) is 35.0. The number of carboxylic acids is 1. The number of thioether (sulfide) groups is 1. The van der Waals surface area contributed by atoms with E-state index in [0.717, 1.165) is 154 Å². The zero-order valence-electron chi connectivity index (χ0n) is 56.7. The summed E-state index contributed by atoms with van der Waals surface area (Å²) in [6, 6.07) is 38.3. The van der Waals surface area contributed by atoms with Gasteiger partial charge in [-0.1, -0.05) is 72.3 Å². The molecule has 0 spiro atoms. The third kappa shape index (κ3) is 15.7. The van der Waals surface area contributed by atoms with Gasteiger partial charge in [0.2, 0.25) is 0 Å². The fourth-order valence-electron chi connectivity index (χ4n) is 14.0. The Kier molecular flexibility index (Phi) is 22.6. The number of aromatic nitrogens is 5. The lowest BCUT2D eigenvalue weighted by Crippen LogP contribution is -2.13. The maximum atomic E-state index is 12.7. The second kappa shape index (κ2) is 31.8. The van der Waals surface area contributed by atoms with Gasteiger partial charge in [0.1, 0.15) is 35.3 Å². The van der Waals surface area contributed by atoms with E-state index in [0.29, 0.717) is 64.9 Å². The lowest BCUT2D eigenvalue weighted by atomic mass is 9.88. The smallest absolute Gasteiger partial charge is 0.352 e. The Morgan fingerprint density at radius 3 is 1.91 bits per heavy atom. The first-order chi connectivity index (χ1) is 47.4. The Morgan fingerprint density at radius 2 is 1.21 bits per heavy atom. The molecule has 17 nitrogen and oxygen atoms in total. The van der Waals surface area contributed by atoms with Crippen LogP contribution in [0.4, 0.5) is 0 Å². The third-order valence-corrected chi connectivity index (χ3v) is 20.2. The van der Waals surface area contributed by atoms with E-state index < -0.39 is 17.9 Å². The van der Waals surface area contributed by atoms with E-state index in [1.165, 1.54) is 86.2 Å². The zero-order valence-corrected chi connectivity index (χ0v) is 58.3. The zero-order chi connectivity index (χ0) is 69.1. The fraction of sp³-hybridized carbons (Fsp3) is 0.342. The predicted molar refractivity (Wildman–Crippen MR) is 383 cm³/mol. The van der Waals surface area contributed by atoms with Gasteiger partial charge < -0.3 is 43.6 Å². The fourth-order valence-corrected chi connectivity index (χ4v) is 15.1. The number of phenolic OH excluding ortho intramolecular Hbond substituents is 2. The maximum absolute atomic E-state index is 12.7. The molecule has 0 amide bonds. The lowest BCUT2D eigenvalue weighted by molar-refractivity contribution is 0.0591. The van der Waals surface area contributed by atoms with E-state index in [9.17, 15) is 34.5 Å². The van der Waals surface area contributed by atoms with Gasteiger partial charge in [-0.25, -0.2) is 19.2 Å². The summed E-state index contributed by atoms with van der Waals surface area (Å²) >= 11 is 8.77. The Hall–Kier alpha value is -9.52. The van der Waals surface area contributed by atoms with Crippen molar-refractivity contribution < 1.29 is 58.2 Å². The van der Waals surface area contributed by atoms with E-state index >= 15 is 0 Å². The molecule has 0 atom stereocenters. The molecular formula is C79H84ClN5O12S. The SMILES string of the molecule is COC(=O)c1cc(O)c2c(c1)CCCC2.COC(=O)c1cc(O)c2ccccc2c1.COC(=O)c1cc2c(c(OCc3ccccc3)c1)CCCC2.Cc1c(C(=O)O)n2c3ccc(Cl)c(c13)-c1c(nn(C)c1C)CSCc1cc(n(C)n1)CCc1cc3c(c(c1)OCCC2)CCCC3. The normalized spacial score (nSPS) is 14.1. The number of carbonyl (C=O) groups excluding carboxylic acids is 3. The van der Waals surface area contributed by atoms with Crippen LogP contribution < -0.4 is 9.47 Å². The van der Waals surface area contributed by atoms with Crippen molar-refractivity contribution in [2.45, 2.75) is 135 Å². The lowest BCUT2D eigenvalue weighted by Gasteiger charge is -2.21. The van der Waals surface area contributed by atoms with Crippen LogP contribution in [0.15, 0.2) is 121 Å². The standard InChI is InChI=1S/C36H40ClN5O3S.C19H20O3.C12H14O3.C12H10O3/c1-21-32-30-13-12-28(37)34(32)33-22(2)40(3)39-29(33)20-46-19-25-18-26(41(4)38-25)11-10-23-16-24-8-5-6-9-27(24)31(17-23)45-15-7-14-42(30)35(21)36(43)44;1-21-19(20)16-11-15-9-5-6-10-17(15)18(12-16)22-13-14-7-3-2-4-8-14;2*1-15-12(14)9-6-8-4-2-3-5-10(8)11(13)7-9/h12-13,16-18H,5-11,14-15,19-20H2,1-4H3,(H,43,44);2-4,7-8,11-12H,5-6,9-10,13H2,1H3;6-7,13H,2-5H2,1H3;2-7,13H,1H3. The average Bonchev–Trinajstić information content (AvgIpc) is 1.57. The van der Waals surface area contributed by atoms with E-state index in [2.05, 4.69) is 27.7 Å². The van der Waals surface area contributed by atoms with Crippen LogP contribution in [0.5, 0.6) is 23.0 Å². The van der Waals surface area contributed by atoms with Crippen molar-refractivity contribution in [3.63, 3.8) is 0 Å². The number of carboxylic acid groups (broad SMARTS) is 1. The van der Waals surface area contributed by atoms with Gasteiger partial charge in [-0.15, -0.1) is 11.8 Å². The number of nitrogens with zero attached hydrogens (tertiary/aromatic N) is 5. The highest BCUT2D eigenvalue weighted by Gasteiger charge is 2.28. The second-order valence-electron chi connectivity index (χ2n) is 25.3. The van der Waals surface area contributed by atoms with Crippen molar-refractivity contribution in [3.05, 3.63) is 222 Å². The summed E-state index contributed by atoms with van der Waals surface area (Å²) in [4.78, 5) is 47.2. The quantitative estimate of drug-likeness (QED) is 0.0999. The number of aromatic hydroxyl groups is 2. The van der Waals surface area contributed by atoms with Crippen molar-refractivity contribution >= 4 is 68.9 Å². The second-order valence-corrected chi connectivity index (χ2v) is 26.7. The first-order valence-electron chi connectivity index (χ1n) is 33.5. The van der Waals surface area contributed by atoms with Gasteiger partial charge >= 0.3 is 23.9 Å². The molecule has 19 heteroatoms. The number of aromatic carboxylic acids is 1. The number of methoxy groups -OCH3 is 3. The number of hydrogen-bond acceptors (Lipinski definition) is 14. The van der Waals surface area contributed by atoms with Crippen LogP contribution in [-0.2, 0) is 104 Å². The number of aryl methyl sites for hydroxylation is 9. The van der Waals surface area contributed by atoms with Gasteiger partial charge in [-0.05, 0) is 226 Å². The van der Waals surface area contributed by atoms with Crippen molar-refractivity contribution in [1.29, 1.82) is 0 Å². The molecule has 0 saturated carbocycles. The Bertz CT molecular complexity index is 4610. The first kappa shape index (κ1) is 69.8. The van der Waals surface area contributed by atoms with Gasteiger partial charge in [-0.2, -0.15) is 10.2 Å². The third-order valence-electron chi connectivity index (χ3n) is 18.9. The van der Waals surface area contributed by atoms with E-state index in [-0.39, 0.29) is 17.5 Å². The summed E-state index contributed by atoms with van der Waals surface area (Å²) in [6.07, 6.45) is 15.4. The highest BCUT2D eigenvalue weighted by molar-refractivity contribution is 7.97. The molecular weight excluding hydrogens is 1280 g/mol. The van der Waals surface area contributed by atoms with Crippen LogP contribution >= 0.6 is 23.4 Å². The average molecular weight is 1360 g/mol. The maximum Gasteiger partial charge on any atom is 0.352 e. The summed E-state index contributed by atoms with van der Waals surface area (Å²) in [5.74, 6) is 1.48. The molecule has 4 heterocycles. The molecule has 0 fully saturated rings. The van der Waals surface area contributed by atoms with Crippen LogP contribution in [0.25, 0.3) is 32.8 Å². The molecule has 10 aromatic rings. The number of carbonyl (C=O) groups is 4.